The summed E-state index contributed by atoms with van der Waals surface area (Å²) in [6.45, 7) is 6.16. The molecule has 0 fully saturated rings. The van der Waals surface area contributed by atoms with E-state index in [9.17, 15) is 4.21 Å². The maximum atomic E-state index is 12.4. The first-order valence-electron chi connectivity index (χ1n) is 7.19. The molecule has 0 saturated carbocycles. The minimum absolute atomic E-state index is 0.172. The summed E-state index contributed by atoms with van der Waals surface area (Å²) in [7, 11) is -0.952. The van der Waals surface area contributed by atoms with Gasteiger partial charge >= 0.3 is 0 Å². The molecule has 2 unspecified atom stereocenters. The zero-order valence-electron chi connectivity index (χ0n) is 12.9. The standard InChI is InChI=1S/C18H23NOS/c1-13-8-9-15(3)17(10-13)18(19)12-21(20)11-16-7-5-4-6-14(16)2/h4-10,18H,11-12,19H2,1-3H3. The van der Waals surface area contributed by atoms with Crippen LogP contribution in [0.15, 0.2) is 42.5 Å². The van der Waals surface area contributed by atoms with Gasteiger partial charge in [0.25, 0.3) is 0 Å². The second kappa shape index (κ2) is 7.01. The molecule has 0 aliphatic rings. The molecule has 0 aromatic heterocycles. The lowest BCUT2D eigenvalue weighted by atomic mass is 10.0. The minimum Gasteiger partial charge on any atom is -0.323 e. The van der Waals surface area contributed by atoms with Crippen molar-refractivity contribution in [2.45, 2.75) is 32.6 Å². The summed E-state index contributed by atoms with van der Waals surface area (Å²) >= 11 is 0. The number of aryl methyl sites for hydroxylation is 3. The molecule has 0 spiro atoms. The second-order valence-electron chi connectivity index (χ2n) is 5.64. The predicted octanol–water partition coefficient (Wildman–Crippen LogP) is 3.56. The van der Waals surface area contributed by atoms with Gasteiger partial charge in [-0.3, -0.25) is 4.21 Å². The molecule has 2 atom stereocenters. The molecule has 112 valence electrons. The summed E-state index contributed by atoms with van der Waals surface area (Å²) in [5.74, 6) is 1.07. The molecule has 2 N–H and O–H groups in total. The summed E-state index contributed by atoms with van der Waals surface area (Å²) in [5.41, 5.74) is 12.1. The number of nitrogens with two attached hydrogens (primary N) is 1. The first-order chi connectivity index (χ1) is 9.97. The third-order valence-corrected chi connectivity index (χ3v) is 5.14. The zero-order chi connectivity index (χ0) is 15.4. The summed E-state index contributed by atoms with van der Waals surface area (Å²) in [4.78, 5) is 0. The molecule has 2 aromatic carbocycles. The quantitative estimate of drug-likeness (QED) is 0.917. The number of hydrogen-bond donors (Lipinski definition) is 1. The fraction of sp³-hybridized carbons (Fsp3) is 0.333. The van der Waals surface area contributed by atoms with E-state index in [2.05, 4.69) is 45.0 Å². The van der Waals surface area contributed by atoms with Crippen LogP contribution >= 0.6 is 0 Å². The maximum Gasteiger partial charge on any atom is 0.0489 e. The van der Waals surface area contributed by atoms with Crippen molar-refractivity contribution in [1.29, 1.82) is 0 Å². The molecular formula is C18H23NOS. The van der Waals surface area contributed by atoms with E-state index in [0.29, 0.717) is 11.5 Å². The number of rotatable bonds is 5. The molecule has 0 bridgehead atoms. The molecule has 0 saturated heterocycles. The molecule has 2 rings (SSSR count). The Labute approximate surface area is 129 Å². The largest absolute Gasteiger partial charge is 0.323 e. The molecule has 21 heavy (non-hydrogen) atoms. The first kappa shape index (κ1) is 15.9. The van der Waals surface area contributed by atoms with Gasteiger partial charge in [0.2, 0.25) is 0 Å². The van der Waals surface area contributed by atoms with Gasteiger partial charge in [-0.05, 0) is 43.0 Å². The summed E-state index contributed by atoms with van der Waals surface area (Å²) < 4.78 is 12.4. The molecule has 0 aliphatic heterocycles. The fourth-order valence-electron chi connectivity index (χ4n) is 2.45. The van der Waals surface area contributed by atoms with Crippen molar-refractivity contribution in [3.63, 3.8) is 0 Å². The Morgan fingerprint density at radius 1 is 1.05 bits per heavy atom. The Bertz CT molecular complexity index is 651. The van der Waals surface area contributed by atoms with Gasteiger partial charge in [0, 0.05) is 28.3 Å². The Balaban J connectivity index is 2.06. The van der Waals surface area contributed by atoms with Crippen LogP contribution in [0, 0.1) is 20.8 Å². The van der Waals surface area contributed by atoms with E-state index in [4.69, 9.17) is 5.73 Å². The monoisotopic (exact) mass is 301 g/mol. The molecule has 0 aliphatic carbocycles. The molecule has 0 amide bonds. The highest BCUT2D eigenvalue weighted by molar-refractivity contribution is 7.84. The van der Waals surface area contributed by atoms with E-state index in [-0.39, 0.29) is 6.04 Å². The van der Waals surface area contributed by atoms with Gasteiger partial charge in [-0.1, -0.05) is 48.0 Å². The van der Waals surface area contributed by atoms with E-state index in [0.717, 1.165) is 11.1 Å². The first-order valence-corrected chi connectivity index (χ1v) is 8.68. The Hall–Kier alpha value is -1.45. The lowest BCUT2D eigenvalue weighted by Gasteiger charge is -2.15. The third kappa shape index (κ3) is 4.26. The van der Waals surface area contributed by atoms with Gasteiger partial charge in [-0.2, -0.15) is 0 Å². The topological polar surface area (TPSA) is 43.1 Å². The third-order valence-electron chi connectivity index (χ3n) is 3.78. The van der Waals surface area contributed by atoms with Crippen LogP contribution in [0.1, 0.15) is 33.9 Å². The number of benzene rings is 2. The van der Waals surface area contributed by atoms with Gasteiger partial charge in [-0.25, -0.2) is 0 Å². The van der Waals surface area contributed by atoms with E-state index in [1.807, 2.05) is 18.2 Å². The minimum atomic E-state index is -0.952. The van der Waals surface area contributed by atoms with Crippen LogP contribution in [0.2, 0.25) is 0 Å². The molecule has 0 radical (unpaired) electrons. The van der Waals surface area contributed by atoms with Crippen molar-refractivity contribution in [2.75, 3.05) is 5.75 Å². The van der Waals surface area contributed by atoms with E-state index in [1.165, 1.54) is 16.7 Å². The van der Waals surface area contributed by atoms with Crippen LogP contribution in [0.5, 0.6) is 0 Å². The van der Waals surface area contributed by atoms with Crippen LogP contribution in [0.3, 0.4) is 0 Å². The Kier molecular flexibility index (Phi) is 5.32. The highest BCUT2D eigenvalue weighted by atomic mass is 32.2. The van der Waals surface area contributed by atoms with Crippen LogP contribution in [0.25, 0.3) is 0 Å². The zero-order valence-corrected chi connectivity index (χ0v) is 13.7. The highest BCUT2D eigenvalue weighted by Crippen LogP contribution is 2.19. The van der Waals surface area contributed by atoms with Gasteiger partial charge in [0.15, 0.2) is 0 Å². The van der Waals surface area contributed by atoms with Crippen molar-refractivity contribution >= 4 is 10.8 Å². The van der Waals surface area contributed by atoms with Crippen LogP contribution in [-0.4, -0.2) is 9.96 Å². The van der Waals surface area contributed by atoms with Crippen LogP contribution < -0.4 is 5.73 Å². The van der Waals surface area contributed by atoms with Gasteiger partial charge in [-0.15, -0.1) is 0 Å². The van der Waals surface area contributed by atoms with E-state index >= 15 is 0 Å². The van der Waals surface area contributed by atoms with Crippen molar-refractivity contribution in [3.8, 4) is 0 Å². The predicted molar refractivity (Wildman–Crippen MR) is 90.7 cm³/mol. The molecule has 2 nitrogen and oxygen atoms in total. The molecule has 2 aromatic rings. The number of hydrogen-bond acceptors (Lipinski definition) is 2. The maximum absolute atomic E-state index is 12.4. The summed E-state index contributed by atoms with van der Waals surface area (Å²) in [5, 5.41) is 0. The van der Waals surface area contributed by atoms with E-state index < -0.39 is 10.8 Å². The van der Waals surface area contributed by atoms with Crippen LogP contribution in [0.4, 0.5) is 0 Å². The summed E-state index contributed by atoms with van der Waals surface area (Å²) in [6, 6.07) is 14.2. The SMILES string of the molecule is Cc1ccc(C)c(C(N)CS(=O)Cc2ccccc2C)c1. The van der Waals surface area contributed by atoms with Gasteiger partial charge in [0.1, 0.15) is 0 Å². The Morgan fingerprint density at radius 3 is 2.48 bits per heavy atom. The normalized spacial score (nSPS) is 13.9. The highest BCUT2D eigenvalue weighted by Gasteiger charge is 2.14. The van der Waals surface area contributed by atoms with Crippen molar-refractivity contribution in [3.05, 3.63) is 70.3 Å². The lowest BCUT2D eigenvalue weighted by Crippen LogP contribution is -2.20. The average molecular weight is 301 g/mol. The summed E-state index contributed by atoms with van der Waals surface area (Å²) in [6.07, 6.45) is 0. The van der Waals surface area contributed by atoms with Crippen molar-refractivity contribution in [1.82, 2.24) is 0 Å². The fourth-order valence-corrected chi connectivity index (χ4v) is 3.82. The van der Waals surface area contributed by atoms with Crippen molar-refractivity contribution in [2.24, 2.45) is 5.73 Å². The second-order valence-corrected chi connectivity index (χ2v) is 7.15. The van der Waals surface area contributed by atoms with E-state index in [1.54, 1.807) is 0 Å². The molecule has 0 heterocycles. The lowest BCUT2D eigenvalue weighted by molar-refractivity contribution is 0.674. The molecular weight excluding hydrogens is 278 g/mol. The smallest absolute Gasteiger partial charge is 0.0489 e. The van der Waals surface area contributed by atoms with Gasteiger partial charge in [0.05, 0.1) is 0 Å². The van der Waals surface area contributed by atoms with Gasteiger partial charge < -0.3 is 5.73 Å². The average Bonchev–Trinajstić information content (AvgIpc) is 2.44. The molecule has 3 heteroatoms. The Morgan fingerprint density at radius 2 is 1.76 bits per heavy atom. The van der Waals surface area contributed by atoms with Crippen LogP contribution in [-0.2, 0) is 16.6 Å². The van der Waals surface area contributed by atoms with Crippen molar-refractivity contribution < 1.29 is 4.21 Å².